The van der Waals surface area contributed by atoms with Crippen molar-refractivity contribution in [1.29, 1.82) is 0 Å². The average Bonchev–Trinajstić information content (AvgIpc) is 0.850. The molecule has 3 aromatic carbocycles. The van der Waals surface area contributed by atoms with Crippen molar-refractivity contribution in [1.82, 2.24) is 0 Å². The maximum Gasteiger partial charge on any atom is 0.341 e. The van der Waals surface area contributed by atoms with Gasteiger partial charge < -0.3 is 33.2 Å². The first-order chi connectivity index (χ1) is 51.1. The molecule has 15 heteroatoms. The van der Waals surface area contributed by atoms with Gasteiger partial charge in [-0.3, -0.25) is 0 Å². The van der Waals surface area contributed by atoms with E-state index in [2.05, 4.69) is 33.6 Å². The summed E-state index contributed by atoms with van der Waals surface area (Å²) in [7, 11) is 0. The molecule has 6 aliphatic carbocycles. The highest BCUT2D eigenvalue weighted by Gasteiger charge is 2.36. The molecule has 0 atom stereocenters. The maximum absolute atomic E-state index is 14.7. The number of halogens is 3. The Labute approximate surface area is 629 Å². The Bertz CT molecular complexity index is 2990. The lowest BCUT2D eigenvalue weighted by molar-refractivity contribution is -0.138. The summed E-state index contributed by atoms with van der Waals surface area (Å²) in [5.74, 6) is 5.14. The highest BCUT2D eigenvalue weighted by Crippen LogP contribution is 2.46. The molecule has 0 radical (unpaired) electrons. The SMILES string of the molecule is C=CC(=O)OCCCC1CCC(C2CCC(c3ccc(F)c(F)c3)CC2)CC1.C=CC(=O)OCCCCCCOc1ccc(C(=O)OC2CCC(C3CCC(CCCCC)CC3)CC2)c(F)c1.C=CC(=O)OCCCCCCOc1ccc(C(=O)OC2CCC(C3CCC(CCCCC)CC3)CC2)cc1. The van der Waals surface area contributed by atoms with Gasteiger partial charge in [0, 0.05) is 24.3 Å². The van der Waals surface area contributed by atoms with E-state index >= 15 is 0 Å². The van der Waals surface area contributed by atoms with Crippen LogP contribution in [0.25, 0.3) is 0 Å². The van der Waals surface area contributed by atoms with E-state index in [4.69, 9.17) is 33.2 Å². The first kappa shape index (κ1) is 85.9. The topological polar surface area (TPSA) is 150 Å². The van der Waals surface area contributed by atoms with Gasteiger partial charge in [-0.15, -0.1) is 0 Å². The minimum atomic E-state index is -0.756. The normalized spacial score (nSPS) is 24.5. The van der Waals surface area contributed by atoms with E-state index in [1.165, 1.54) is 191 Å². The van der Waals surface area contributed by atoms with Crippen LogP contribution in [-0.2, 0) is 38.1 Å². The van der Waals surface area contributed by atoms with Gasteiger partial charge in [0.2, 0.25) is 0 Å². The first-order valence-electron chi connectivity index (χ1n) is 41.5. The lowest BCUT2D eigenvalue weighted by atomic mass is 9.68. The molecular weight excluding hydrogens is 1330 g/mol. The van der Waals surface area contributed by atoms with Crippen molar-refractivity contribution in [2.24, 2.45) is 53.3 Å². The van der Waals surface area contributed by atoms with Gasteiger partial charge in [-0.25, -0.2) is 37.1 Å². The van der Waals surface area contributed by atoms with Crippen molar-refractivity contribution < 1.29 is 70.3 Å². The lowest BCUT2D eigenvalue weighted by Crippen LogP contribution is -2.30. The summed E-state index contributed by atoms with van der Waals surface area (Å²) in [4.78, 5) is 58.4. The monoisotopic (exact) mass is 1460 g/mol. The van der Waals surface area contributed by atoms with Crippen LogP contribution in [0, 0.1) is 70.7 Å². The molecule has 3 aromatic rings. The Morgan fingerprint density at radius 2 is 0.733 bits per heavy atom. The second-order valence-electron chi connectivity index (χ2n) is 31.5. The Balaban J connectivity index is 0.000000223. The summed E-state index contributed by atoms with van der Waals surface area (Å²) in [6.45, 7) is 17.1. The van der Waals surface area contributed by atoms with Crippen LogP contribution in [0.4, 0.5) is 13.2 Å². The number of esters is 5. The molecule has 6 fully saturated rings. The molecule has 12 nitrogen and oxygen atoms in total. The van der Waals surface area contributed by atoms with Gasteiger partial charge in [0.25, 0.3) is 0 Å². The number of unbranched alkanes of at least 4 members (excludes halogenated alkanes) is 10. The summed E-state index contributed by atoms with van der Waals surface area (Å²) in [6.07, 6.45) is 53.1. The van der Waals surface area contributed by atoms with Crippen molar-refractivity contribution in [3.63, 3.8) is 0 Å². The summed E-state index contributed by atoms with van der Waals surface area (Å²) in [5, 5.41) is 0. The molecule has 0 spiro atoms. The molecule has 6 aliphatic rings. The minimum Gasteiger partial charge on any atom is -0.494 e. The zero-order valence-corrected chi connectivity index (χ0v) is 64.3. The number of hydrogen-bond donors (Lipinski definition) is 0. The van der Waals surface area contributed by atoms with Crippen LogP contribution in [0.3, 0.4) is 0 Å². The average molecular weight is 1460 g/mol. The zero-order chi connectivity index (χ0) is 74.8. The molecule has 105 heavy (non-hydrogen) atoms. The van der Waals surface area contributed by atoms with Crippen LogP contribution in [0.5, 0.6) is 11.5 Å². The van der Waals surface area contributed by atoms with Gasteiger partial charge >= 0.3 is 29.8 Å². The predicted octanol–water partition coefficient (Wildman–Crippen LogP) is 23.6. The molecule has 584 valence electrons. The van der Waals surface area contributed by atoms with Gasteiger partial charge in [0.1, 0.15) is 29.5 Å². The Hall–Kier alpha value is -6.38. The van der Waals surface area contributed by atoms with Crippen molar-refractivity contribution in [2.75, 3.05) is 33.0 Å². The van der Waals surface area contributed by atoms with E-state index in [0.717, 1.165) is 186 Å². The fourth-order valence-corrected chi connectivity index (χ4v) is 17.7. The summed E-state index contributed by atoms with van der Waals surface area (Å²) >= 11 is 0. The van der Waals surface area contributed by atoms with E-state index in [-0.39, 0.29) is 35.7 Å². The highest BCUT2D eigenvalue weighted by atomic mass is 19.2. The van der Waals surface area contributed by atoms with Crippen LogP contribution >= 0.6 is 0 Å². The van der Waals surface area contributed by atoms with E-state index in [1.54, 1.807) is 24.3 Å². The predicted molar refractivity (Wildman–Crippen MR) is 411 cm³/mol. The number of ether oxygens (including phenoxy) is 7. The van der Waals surface area contributed by atoms with Crippen molar-refractivity contribution in [3.05, 3.63) is 133 Å². The van der Waals surface area contributed by atoms with Gasteiger partial charge in [-0.1, -0.05) is 130 Å². The molecule has 0 heterocycles. The van der Waals surface area contributed by atoms with Crippen LogP contribution in [0.15, 0.2) is 98.6 Å². The molecule has 0 aliphatic heterocycles. The molecule has 0 unspecified atom stereocenters. The summed E-state index contributed by atoms with van der Waals surface area (Å²) in [5.41, 5.74) is 1.52. The maximum atomic E-state index is 14.7. The van der Waals surface area contributed by atoms with Crippen molar-refractivity contribution >= 4 is 29.8 Å². The van der Waals surface area contributed by atoms with Crippen LogP contribution < -0.4 is 9.47 Å². The largest absolute Gasteiger partial charge is 0.494 e. The van der Waals surface area contributed by atoms with Crippen LogP contribution in [0.1, 0.15) is 316 Å². The summed E-state index contributed by atoms with van der Waals surface area (Å²) < 4.78 is 79.3. The number of carbonyl (C=O) groups excluding carboxylic acids is 5. The number of hydrogen-bond acceptors (Lipinski definition) is 12. The van der Waals surface area contributed by atoms with E-state index < -0.39 is 29.4 Å². The third kappa shape index (κ3) is 32.2. The quantitative estimate of drug-likeness (QED) is 0.0231. The zero-order valence-electron chi connectivity index (χ0n) is 64.3. The molecule has 0 N–H and O–H groups in total. The molecule has 0 bridgehead atoms. The molecular formula is C90H131F3O12. The first-order valence-corrected chi connectivity index (χ1v) is 41.5. The second-order valence-corrected chi connectivity index (χ2v) is 31.5. The standard InChI is InChI=1S/C33H49FO5.C33H50O5.C24H32F2O2/c1-3-5-8-11-25-12-14-26(15-13-25)27-16-18-28(19-17-27)39-33(36)30-21-20-29(24-31(30)34)37-22-9-6-7-10-23-38-32(35)4-2;1-3-5-8-11-26-12-14-27(15-13-26)28-16-22-31(23-17-28)38-33(35)29-18-20-30(21-19-29)36-24-9-6-7-10-25-37-32(34)4-2;1-2-24(27)28-15-3-4-17-5-7-18(8-6-17)19-9-11-20(12-10-19)21-13-14-22(25)23(26)16-21/h4,20-21,24-28H,2-3,5-19,22-23H2,1H3;4,18-21,26-28,31H,2-3,5-17,22-25H2,1H3;2,13-14,16-20H,1,3-12,15H2. The molecule has 0 aromatic heterocycles. The van der Waals surface area contributed by atoms with E-state index in [0.29, 0.717) is 50.3 Å². The molecule has 6 saturated carbocycles. The Morgan fingerprint density at radius 1 is 0.362 bits per heavy atom. The van der Waals surface area contributed by atoms with Gasteiger partial charge in [0.05, 0.1) is 44.2 Å². The van der Waals surface area contributed by atoms with Crippen molar-refractivity contribution in [3.8, 4) is 11.5 Å². The number of carbonyl (C=O) groups is 5. The third-order valence-electron chi connectivity index (χ3n) is 24.1. The number of benzene rings is 3. The molecule has 9 rings (SSSR count). The Morgan fingerprint density at radius 3 is 1.14 bits per heavy atom. The molecule has 0 saturated heterocycles. The van der Waals surface area contributed by atoms with Gasteiger partial charge in [-0.05, 0) is 293 Å². The smallest absolute Gasteiger partial charge is 0.341 e. The number of rotatable bonds is 39. The second kappa shape index (κ2) is 49.5. The fourth-order valence-electron chi connectivity index (χ4n) is 17.7. The highest BCUT2D eigenvalue weighted by molar-refractivity contribution is 5.90. The van der Waals surface area contributed by atoms with E-state index in [1.807, 2.05) is 12.1 Å². The van der Waals surface area contributed by atoms with Gasteiger partial charge in [0.15, 0.2) is 11.6 Å². The van der Waals surface area contributed by atoms with Crippen LogP contribution in [-0.4, -0.2) is 75.1 Å². The Kier molecular flexibility index (Phi) is 40.5. The van der Waals surface area contributed by atoms with Crippen molar-refractivity contribution in [2.45, 2.75) is 302 Å². The van der Waals surface area contributed by atoms with Gasteiger partial charge in [-0.2, -0.15) is 0 Å². The third-order valence-corrected chi connectivity index (χ3v) is 24.1. The minimum absolute atomic E-state index is 0.0278. The fraction of sp³-hybridized carbons (Fsp3) is 0.678. The molecule has 0 amide bonds. The summed E-state index contributed by atoms with van der Waals surface area (Å²) in [6, 6.07) is 16.1. The van der Waals surface area contributed by atoms with E-state index in [9.17, 15) is 37.1 Å². The van der Waals surface area contributed by atoms with Crippen LogP contribution in [0.2, 0.25) is 0 Å². The lowest BCUT2D eigenvalue weighted by Gasteiger charge is -2.38.